The molecule has 170 valence electrons. The lowest BCUT2D eigenvalue weighted by atomic mass is 10.0. The van der Waals surface area contributed by atoms with Crippen molar-refractivity contribution in [1.29, 1.82) is 0 Å². The van der Waals surface area contributed by atoms with E-state index in [-0.39, 0.29) is 6.10 Å². The molecule has 0 radical (unpaired) electrons. The molecular formula is C23H48O4S. The van der Waals surface area contributed by atoms with E-state index < -0.39 is 15.4 Å². The molecule has 0 heterocycles. The predicted molar refractivity (Wildman–Crippen MR) is 120 cm³/mol. The Balaban J connectivity index is 3.83. The minimum Gasteiger partial charge on any atom is -0.393 e. The molecule has 0 aromatic carbocycles. The van der Waals surface area contributed by atoms with E-state index >= 15 is 0 Å². The predicted octanol–water partition coefficient (Wildman–Crippen LogP) is 7.06. The van der Waals surface area contributed by atoms with Crippen molar-refractivity contribution in [3.63, 3.8) is 0 Å². The molecule has 0 spiro atoms. The van der Waals surface area contributed by atoms with Crippen LogP contribution in [0.3, 0.4) is 0 Å². The first-order valence-corrected chi connectivity index (χ1v) is 13.6. The SMILES string of the molecule is CCCCCCCCCCC(CCCC(O)CCCCCCCC)S(=O)(=O)O. The zero-order valence-electron chi connectivity index (χ0n) is 18.7. The second-order valence-electron chi connectivity index (χ2n) is 8.54. The van der Waals surface area contributed by atoms with Crippen molar-refractivity contribution in [1.82, 2.24) is 0 Å². The fraction of sp³-hybridized carbons (Fsp3) is 1.00. The Hall–Kier alpha value is -0.130. The van der Waals surface area contributed by atoms with Crippen molar-refractivity contribution in [2.45, 2.75) is 147 Å². The van der Waals surface area contributed by atoms with E-state index in [0.717, 1.165) is 32.1 Å². The summed E-state index contributed by atoms with van der Waals surface area (Å²) in [4.78, 5) is 0. The third-order valence-electron chi connectivity index (χ3n) is 5.76. The first kappa shape index (κ1) is 27.9. The summed E-state index contributed by atoms with van der Waals surface area (Å²) in [5.41, 5.74) is 0. The van der Waals surface area contributed by atoms with Crippen molar-refractivity contribution in [3.05, 3.63) is 0 Å². The van der Waals surface area contributed by atoms with Crippen molar-refractivity contribution in [2.24, 2.45) is 0 Å². The van der Waals surface area contributed by atoms with Gasteiger partial charge in [-0.15, -0.1) is 0 Å². The molecule has 0 fully saturated rings. The van der Waals surface area contributed by atoms with Crippen LogP contribution in [0, 0.1) is 0 Å². The highest BCUT2D eigenvalue weighted by Gasteiger charge is 2.22. The standard InChI is InChI=1S/C23H48O4S/c1-3-5-7-9-11-12-14-16-20-23(28(25,26)27)21-17-19-22(24)18-15-13-10-8-6-4-2/h22-24H,3-21H2,1-2H3,(H,25,26,27). The Morgan fingerprint density at radius 2 is 0.929 bits per heavy atom. The van der Waals surface area contributed by atoms with Gasteiger partial charge in [-0.25, -0.2) is 0 Å². The summed E-state index contributed by atoms with van der Waals surface area (Å²) in [6.45, 7) is 4.42. The molecule has 2 unspecified atom stereocenters. The van der Waals surface area contributed by atoms with Gasteiger partial charge >= 0.3 is 0 Å². The molecular weight excluding hydrogens is 372 g/mol. The molecule has 0 aliphatic heterocycles. The lowest BCUT2D eigenvalue weighted by Crippen LogP contribution is -2.21. The van der Waals surface area contributed by atoms with Gasteiger partial charge in [-0.2, -0.15) is 8.42 Å². The van der Waals surface area contributed by atoms with Crippen LogP contribution in [0.2, 0.25) is 0 Å². The van der Waals surface area contributed by atoms with Gasteiger partial charge in [-0.1, -0.05) is 104 Å². The quantitative estimate of drug-likeness (QED) is 0.154. The third-order valence-corrected chi connectivity index (χ3v) is 7.07. The molecule has 28 heavy (non-hydrogen) atoms. The van der Waals surface area contributed by atoms with Crippen molar-refractivity contribution in [3.8, 4) is 0 Å². The normalized spacial score (nSPS) is 14.3. The summed E-state index contributed by atoms with van der Waals surface area (Å²) in [6, 6.07) is 0. The molecule has 0 rings (SSSR count). The largest absolute Gasteiger partial charge is 0.393 e. The van der Waals surface area contributed by atoms with Crippen LogP contribution >= 0.6 is 0 Å². The van der Waals surface area contributed by atoms with Crippen LogP contribution in [0.5, 0.6) is 0 Å². The Labute approximate surface area is 175 Å². The van der Waals surface area contributed by atoms with Crippen molar-refractivity contribution in [2.75, 3.05) is 0 Å². The smallest absolute Gasteiger partial charge is 0.267 e. The molecule has 0 amide bonds. The Morgan fingerprint density at radius 3 is 1.39 bits per heavy atom. The van der Waals surface area contributed by atoms with Gasteiger partial charge in [0, 0.05) is 0 Å². The number of aliphatic hydroxyl groups excluding tert-OH is 1. The zero-order valence-corrected chi connectivity index (χ0v) is 19.5. The van der Waals surface area contributed by atoms with Gasteiger partial charge in [0.2, 0.25) is 0 Å². The Kier molecular flexibility index (Phi) is 18.8. The van der Waals surface area contributed by atoms with Crippen LogP contribution in [0.4, 0.5) is 0 Å². The molecule has 2 N–H and O–H groups in total. The van der Waals surface area contributed by atoms with Crippen LogP contribution < -0.4 is 0 Å². The van der Waals surface area contributed by atoms with Crippen LogP contribution in [0.25, 0.3) is 0 Å². The van der Waals surface area contributed by atoms with E-state index in [1.807, 2.05) is 0 Å². The maximum Gasteiger partial charge on any atom is 0.267 e. The monoisotopic (exact) mass is 420 g/mol. The highest BCUT2D eigenvalue weighted by atomic mass is 32.2. The van der Waals surface area contributed by atoms with Crippen LogP contribution in [-0.4, -0.2) is 29.4 Å². The molecule has 0 aromatic heterocycles. The van der Waals surface area contributed by atoms with E-state index in [0.29, 0.717) is 25.7 Å². The Bertz CT molecular complexity index is 422. The molecule has 0 bridgehead atoms. The minimum atomic E-state index is -3.98. The summed E-state index contributed by atoms with van der Waals surface area (Å²) in [7, 11) is -3.98. The van der Waals surface area contributed by atoms with Gasteiger partial charge in [0.15, 0.2) is 0 Å². The lowest BCUT2D eigenvalue weighted by molar-refractivity contribution is 0.147. The van der Waals surface area contributed by atoms with E-state index in [4.69, 9.17) is 0 Å². The highest BCUT2D eigenvalue weighted by Crippen LogP contribution is 2.20. The van der Waals surface area contributed by atoms with Gasteiger partial charge in [0.05, 0.1) is 11.4 Å². The minimum absolute atomic E-state index is 0.337. The van der Waals surface area contributed by atoms with E-state index in [2.05, 4.69) is 13.8 Å². The van der Waals surface area contributed by atoms with Crippen LogP contribution in [0.1, 0.15) is 136 Å². The molecule has 0 saturated carbocycles. The summed E-state index contributed by atoms with van der Waals surface area (Å²) in [6.07, 6.45) is 19.4. The molecule has 0 aromatic rings. The molecule has 0 aliphatic carbocycles. The molecule has 5 heteroatoms. The van der Waals surface area contributed by atoms with Gasteiger partial charge in [-0.05, 0) is 32.1 Å². The van der Waals surface area contributed by atoms with Crippen molar-refractivity contribution < 1.29 is 18.1 Å². The summed E-state index contributed by atoms with van der Waals surface area (Å²) < 4.78 is 32.8. The van der Waals surface area contributed by atoms with Gasteiger partial charge < -0.3 is 5.11 Å². The van der Waals surface area contributed by atoms with Crippen molar-refractivity contribution >= 4 is 10.1 Å². The number of hydrogen-bond donors (Lipinski definition) is 2. The highest BCUT2D eigenvalue weighted by molar-refractivity contribution is 7.86. The average Bonchev–Trinajstić information content (AvgIpc) is 2.64. The second kappa shape index (κ2) is 18.9. The number of unbranched alkanes of at least 4 members (excludes halogenated alkanes) is 12. The maximum absolute atomic E-state index is 11.6. The van der Waals surface area contributed by atoms with Gasteiger partial charge in [0.1, 0.15) is 0 Å². The molecule has 2 atom stereocenters. The maximum atomic E-state index is 11.6. The number of aliphatic hydroxyl groups is 1. The van der Waals surface area contributed by atoms with Gasteiger partial charge in [-0.3, -0.25) is 4.55 Å². The summed E-state index contributed by atoms with van der Waals surface area (Å²) >= 11 is 0. The van der Waals surface area contributed by atoms with Crippen LogP contribution in [0.15, 0.2) is 0 Å². The van der Waals surface area contributed by atoms with E-state index in [1.165, 1.54) is 64.2 Å². The molecule has 4 nitrogen and oxygen atoms in total. The first-order chi connectivity index (χ1) is 13.4. The zero-order chi connectivity index (χ0) is 21.1. The molecule has 0 aliphatic rings. The van der Waals surface area contributed by atoms with Gasteiger partial charge in [0.25, 0.3) is 10.1 Å². The third kappa shape index (κ3) is 17.9. The Morgan fingerprint density at radius 1 is 0.571 bits per heavy atom. The number of rotatable bonds is 21. The van der Waals surface area contributed by atoms with Crippen LogP contribution in [-0.2, 0) is 10.1 Å². The second-order valence-corrected chi connectivity index (χ2v) is 10.2. The average molecular weight is 421 g/mol. The van der Waals surface area contributed by atoms with E-state index in [9.17, 15) is 18.1 Å². The first-order valence-electron chi connectivity index (χ1n) is 12.1. The fourth-order valence-electron chi connectivity index (χ4n) is 3.83. The van der Waals surface area contributed by atoms with E-state index in [1.54, 1.807) is 0 Å². The summed E-state index contributed by atoms with van der Waals surface area (Å²) in [5, 5.41) is 9.43. The number of hydrogen-bond acceptors (Lipinski definition) is 3. The fourth-order valence-corrected chi connectivity index (χ4v) is 4.76. The molecule has 0 saturated heterocycles. The topological polar surface area (TPSA) is 74.6 Å². The summed E-state index contributed by atoms with van der Waals surface area (Å²) in [5.74, 6) is 0. The lowest BCUT2D eigenvalue weighted by Gasteiger charge is -2.15.